The van der Waals surface area contributed by atoms with Crippen molar-refractivity contribution in [2.45, 2.75) is 18.6 Å². The molecule has 0 aliphatic rings. The Labute approximate surface area is 86.1 Å². The lowest BCUT2D eigenvalue weighted by Gasteiger charge is -2.14. The van der Waals surface area contributed by atoms with Gasteiger partial charge in [-0.1, -0.05) is 12.1 Å². The first kappa shape index (κ1) is 11.6. The molecular formula is C10H12FNO3. The summed E-state index contributed by atoms with van der Waals surface area (Å²) in [5.41, 5.74) is 6.01. The van der Waals surface area contributed by atoms with Gasteiger partial charge in [0.1, 0.15) is 5.82 Å². The molecule has 1 rings (SSSR count). The van der Waals surface area contributed by atoms with Crippen LogP contribution in [0.5, 0.6) is 0 Å². The SMILES string of the molecule is NC(Cc1cccc(F)c1)C(O)C(=O)O. The molecule has 4 N–H and O–H groups in total. The number of benzene rings is 1. The van der Waals surface area contributed by atoms with Crippen molar-refractivity contribution in [1.29, 1.82) is 0 Å². The molecule has 0 fully saturated rings. The van der Waals surface area contributed by atoms with E-state index in [2.05, 4.69) is 0 Å². The van der Waals surface area contributed by atoms with E-state index in [4.69, 9.17) is 15.9 Å². The van der Waals surface area contributed by atoms with E-state index in [1.807, 2.05) is 0 Å². The van der Waals surface area contributed by atoms with Crippen molar-refractivity contribution in [2.24, 2.45) is 5.73 Å². The van der Waals surface area contributed by atoms with E-state index >= 15 is 0 Å². The average Bonchev–Trinajstić information content (AvgIpc) is 2.16. The monoisotopic (exact) mass is 213 g/mol. The number of carbonyl (C=O) groups is 1. The first-order valence-corrected chi connectivity index (χ1v) is 4.41. The van der Waals surface area contributed by atoms with E-state index in [1.165, 1.54) is 18.2 Å². The number of halogens is 1. The van der Waals surface area contributed by atoms with Crippen molar-refractivity contribution in [3.63, 3.8) is 0 Å². The number of aliphatic carboxylic acids is 1. The number of carboxylic acids is 1. The van der Waals surface area contributed by atoms with Crippen molar-refractivity contribution >= 4 is 5.97 Å². The van der Waals surface area contributed by atoms with Gasteiger partial charge in [0, 0.05) is 6.04 Å². The van der Waals surface area contributed by atoms with Gasteiger partial charge in [0.25, 0.3) is 0 Å². The van der Waals surface area contributed by atoms with Crippen LogP contribution in [0, 0.1) is 5.82 Å². The maximum atomic E-state index is 12.8. The second-order valence-electron chi connectivity index (χ2n) is 3.28. The van der Waals surface area contributed by atoms with Crippen LogP contribution in [-0.4, -0.2) is 28.3 Å². The molecule has 1 aromatic rings. The molecule has 1 aromatic carbocycles. The lowest BCUT2D eigenvalue weighted by atomic mass is 10.0. The van der Waals surface area contributed by atoms with Gasteiger partial charge in [0.2, 0.25) is 0 Å². The van der Waals surface area contributed by atoms with Gasteiger partial charge in [0.05, 0.1) is 0 Å². The number of rotatable bonds is 4. The van der Waals surface area contributed by atoms with Crippen LogP contribution in [-0.2, 0) is 11.2 Å². The summed E-state index contributed by atoms with van der Waals surface area (Å²) >= 11 is 0. The maximum Gasteiger partial charge on any atom is 0.334 e. The van der Waals surface area contributed by atoms with E-state index in [0.29, 0.717) is 5.56 Å². The normalized spacial score (nSPS) is 14.6. The van der Waals surface area contributed by atoms with Gasteiger partial charge < -0.3 is 15.9 Å². The lowest BCUT2D eigenvalue weighted by molar-refractivity contribution is -0.147. The highest BCUT2D eigenvalue weighted by Gasteiger charge is 2.22. The summed E-state index contributed by atoms with van der Waals surface area (Å²) in [4.78, 5) is 10.4. The molecule has 15 heavy (non-hydrogen) atoms. The Morgan fingerprint density at radius 2 is 2.20 bits per heavy atom. The summed E-state index contributed by atoms with van der Waals surface area (Å²) in [5, 5.41) is 17.6. The molecule has 4 nitrogen and oxygen atoms in total. The van der Waals surface area contributed by atoms with Crippen LogP contribution in [0.2, 0.25) is 0 Å². The van der Waals surface area contributed by atoms with Gasteiger partial charge in [0.15, 0.2) is 6.10 Å². The van der Waals surface area contributed by atoms with Gasteiger partial charge in [-0.15, -0.1) is 0 Å². The Bertz CT molecular complexity index is 356. The van der Waals surface area contributed by atoms with Gasteiger partial charge in [-0.25, -0.2) is 9.18 Å². The first-order valence-electron chi connectivity index (χ1n) is 4.41. The topological polar surface area (TPSA) is 83.5 Å². The second-order valence-corrected chi connectivity index (χ2v) is 3.28. The molecule has 0 amide bonds. The van der Waals surface area contributed by atoms with Crippen LogP contribution in [0.4, 0.5) is 4.39 Å². The zero-order valence-corrected chi connectivity index (χ0v) is 7.93. The van der Waals surface area contributed by atoms with Crippen molar-refractivity contribution < 1.29 is 19.4 Å². The molecule has 0 bridgehead atoms. The summed E-state index contributed by atoms with van der Waals surface area (Å²) in [6.07, 6.45) is -1.51. The third-order valence-electron chi connectivity index (χ3n) is 2.02. The van der Waals surface area contributed by atoms with Crippen LogP contribution < -0.4 is 5.73 Å². The molecule has 2 atom stereocenters. The number of aliphatic hydroxyl groups is 1. The molecule has 0 saturated carbocycles. The maximum absolute atomic E-state index is 12.8. The smallest absolute Gasteiger partial charge is 0.334 e. The van der Waals surface area contributed by atoms with Gasteiger partial charge in [-0.2, -0.15) is 0 Å². The van der Waals surface area contributed by atoms with Crippen LogP contribution in [0.25, 0.3) is 0 Å². The van der Waals surface area contributed by atoms with Crippen LogP contribution >= 0.6 is 0 Å². The molecule has 0 aromatic heterocycles. The summed E-state index contributed by atoms with van der Waals surface area (Å²) in [7, 11) is 0. The summed E-state index contributed by atoms with van der Waals surface area (Å²) in [6.45, 7) is 0. The molecule has 0 spiro atoms. The fourth-order valence-corrected chi connectivity index (χ4v) is 1.23. The van der Waals surface area contributed by atoms with Crippen molar-refractivity contribution in [1.82, 2.24) is 0 Å². The Balaban J connectivity index is 2.66. The van der Waals surface area contributed by atoms with E-state index in [0.717, 1.165) is 0 Å². The Morgan fingerprint density at radius 1 is 1.53 bits per heavy atom. The summed E-state index contributed by atoms with van der Waals surface area (Å²) in [6, 6.07) is 4.73. The van der Waals surface area contributed by atoms with E-state index in [1.54, 1.807) is 6.07 Å². The predicted octanol–water partition coefficient (Wildman–Crippen LogP) is 0.141. The number of aliphatic hydroxyl groups excluding tert-OH is 1. The summed E-state index contributed by atoms with van der Waals surface area (Å²) in [5.74, 6) is -1.79. The van der Waals surface area contributed by atoms with E-state index in [9.17, 15) is 9.18 Å². The molecule has 82 valence electrons. The Morgan fingerprint density at radius 3 is 2.73 bits per heavy atom. The van der Waals surface area contributed by atoms with Crippen molar-refractivity contribution in [3.8, 4) is 0 Å². The molecule has 5 heteroatoms. The number of nitrogens with two attached hydrogens (primary N) is 1. The fraction of sp³-hybridized carbons (Fsp3) is 0.300. The molecular weight excluding hydrogens is 201 g/mol. The lowest BCUT2D eigenvalue weighted by Crippen LogP contribution is -2.41. The predicted molar refractivity (Wildman–Crippen MR) is 51.7 cm³/mol. The Kier molecular flexibility index (Phi) is 3.76. The number of hydrogen-bond acceptors (Lipinski definition) is 3. The molecule has 2 unspecified atom stereocenters. The highest BCUT2D eigenvalue weighted by molar-refractivity contribution is 5.72. The first-order chi connectivity index (χ1) is 7.00. The Hall–Kier alpha value is -1.46. The third-order valence-corrected chi connectivity index (χ3v) is 2.02. The molecule has 0 aliphatic carbocycles. The highest BCUT2D eigenvalue weighted by atomic mass is 19.1. The summed E-state index contributed by atoms with van der Waals surface area (Å²) < 4.78 is 12.8. The number of carboxylic acid groups (broad SMARTS) is 1. The largest absolute Gasteiger partial charge is 0.479 e. The van der Waals surface area contributed by atoms with Crippen LogP contribution in [0.1, 0.15) is 5.56 Å². The number of hydrogen-bond donors (Lipinski definition) is 3. The zero-order chi connectivity index (χ0) is 11.4. The molecule has 0 aliphatic heterocycles. The quantitative estimate of drug-likeness (QED) is 0.664. The van der Waals surface area contributed by atoms with Gasteiger partial charge >= 0.3 is 5.97 Å². The van der Waals surface area contributed by atoms with Crippen molar-refractivity contribution in [3.05, 3.63) is 35.6 Å². The van der Waals surface area contributed by atoms with Gasteiger partial charge in [-0.3, -0.25) is 0 Å². The minimum Gasteiger partial charge on any atom is -0.479 e. The minimum absolute atomic E-state index is 0.116. The highest BCUT2D eigenvalue weighted by Crippen LogP contribution is 2.07. The van der Waals surface area contributed by atoms with Gasteiger partial charge in [-0.05, 0) is 24.1 Å². The minimum atomic E-state index is -1.63. The average molecular weight is 213 g/mol. The fourth-order valence-electron chi connectivity index (χ4n) is 1.23. The van der Waals surface area contributed by atoms with E-state index < -0.39 is 23.9 Å². The third kappa shape index (κ3) is 3.30. The zero-order valence-electron chi connectivity index (χ0n) is 7.93. The van der Waals surface area contributed by atoms with Crippen molar-refractivity contribution in [2.75, 3.05) is 0 Å². The molecule has 0 radical (unpaired) electrons. The van der Waals surface area contributed by atoms with Crippen LogP contribution in [0.15, 0.2) is 24.3 Å². The van der Waals surface area contributed by atoms with E-state index in [-0.39, 0.29) is 6.42 Å². The van der Waals surface area contributed by atoms with Crippen LogP contribution in [0.3, 0.4) is 0 Å². The molecule has 0 heterocycles. The molecule has 0 saturated heterocycles. The second kappa shape index (κ2) is 4.86. The standard InChI is InChI=1S/C10H12FNO3/c11-7-3-1-2-6(4-7)5-8(12)9(13)10(14)15/h1-4,8-9,13H,5,12H2,(H,14,15).